The minimum Gasteiger partial charge on any atom is -0.480 e. The summed E-state index contributed by atoms with van der Waals surface area (Å²) in [5, 5.41) is 10.4. The Morgan fingerprint density at radius 3 is 2.45 bits per heavy atom. The summed E-state index contributed by atoms with van der Waals surface area (Å²) in [4.78, 5) is 21.9. The minimum atomic E-state index is -4.53. The van der Waals surface area contributed by atoms with E-state index in [0.717, 1.165) is 18.2 Å². The van der Waals surface area contributed by atoms with E-state index < -0.39 is 42.8 Å². The minimum absolute atomic E-state index is 0.0559. The van der Waals surface area contributed by atoms with Gasteiger partial charge in [-0.3, -0.25) is 4.79 Å². The molecular formula is C12H11F4NO3. The second kappa shape index (κ2) is 6.36. The molecule has 0 aromatic heterocycles. The Labute approximate surface area is 111 Å². The van der Waals surface area contributed by atoms with Gasteiger partial charge in [0.25, 0.3) is 0 Å². The van der Waals surface area contributed by atoms with E-state index in [1.54, 1.807) is 0 Å². The van der Waals surface area contributed by atoms with E-state index in [1.807, 2.05) is 5.32 Å². The van der Waals surface area contributed by atoms with Gasteiger partial charge in [0.05, 0.1) is 12.0 Å². The van der Waals surface area contributed by atoms with E-state index in [-0.39, 0.29) is 5.56 Å². The molecule has 0 saturated carbocycles. The molecule has 8 heteroatoms. The van der Waals surface area contributed by atoms with Gasteiger partial charge in [-0.15, -0.1) is 0 Å². The highest BCUT2D eigenvalue weighted by atomic mass is 19.4. The molecule has 110 valence electrons. The summed E-state index contributed by atoms with van der Waals surface area (Å²) in [7, 11) is 0. The van der Waals surface area contributed by atoms with Crippen LogP contribution in [0.5, 0.6) is 0 Å². The zero-order valence-electron chi connectivity index (χ0n) is 10.1. The van der Waals surface area contributed by atoms with E-state index in [1.165, 1.54) is 6.07 Å². The molecule has 4 nitrogen and oxygen atoms in total. The number of carboxylic acids is 1. The molecule has 1 rings (SSSR count). The third-order valence-electron chi connectivity index (χ3n) is 2.41. The Kier molecular flexibility index (Phi) is 5.06. The average Bonchev–Trinajstić information content (AvgIpc) is 2.34. The van der Waals surface area contributed by atoms with Crippen LogP contribution in [0.4, 0.5) is 17.6 Å². The van der Waals surface area contributed by atoms with Crippen LogP contribution in [0.3, 0.4) is 0 Å². The number of hydrogen-bond donors (Lipinski definition) is 2. The van der Waals surface area contributed by atoms with E-state index in [0.29, 0.717) is 0 Å². The van der Waals surface area contributed by atoms with Crippen molar-refractivity contribution in [1.82, 2.24) is 5.32 Å². The normalized spacial score (nSPS) is 12.8. The summed E-state index contributed by atoms with van der Waals surface area (Å²) in [6.45, 7) is -1.30. The topological polar surface area (TPSA) is 66.4 Å². The van der Waals surface area contributed by atoms with Gasteiger partial charge in [-0.05, 0) is 11.6 Å². The fraction of sp³-hybridized carbons (Fsp3) is 0.333. The number of alkyl halides is 4. The van der Waals surface area contributed by atoms with Crippen molar-refractivity contribution in [2.75, 3.05) is 6.67 Å². The van der Waals surface area contributed by atoms with E-state index >= 15 is 0 Å². The number of amides is 1. The summed E-state index contributed by atoms with van der Waals surface area (Å²) >= 11 is 0. The number of aliphatic carboxylic acids is 1. The molecule has 1 amide bonds. The zero-order valence-corrected chi connectivity index (χ0v) is 10.1. The van der Waals surface area contributed by atoms with Crippen molar-refractivity contribution in [3.8, 4) is 0 Å². The van der Waals surface area contributed by atoms with Crippen molar-refractivity contribution in [2.24, 2.45) is 0 Å². The largest absolute Gasteiger partial charge is 0.480 e. The van der Waals surface area contributed by atoms with E-state index in [9.17, 15) is 27.2 Å². The highest BCUT2D eigenvalue weighted by Gasteiger charge is 2.30. The quantitative estimate of drug-likeness (QED) is 0.813. The number of halogens is 4. The SMILES string of the molecule is O=C(Cc1cccc(C(F)(F)F)c1)NC(CF)C(=O)O. The molecule has 0 fully saturated rings. The Morgan fingerprint density at radius 2 is 1.95 bits per heavy atom. The van der Waals surface area contributed by atoms with Gasteiger partial charge in [0.15, 0.2) is 6.04 Å². The molecule has 0 radical (unpaired) electrons. The predicted octanol–water partition coefficient (Wildman–Crippen LogP) is 1.79. The van der Waals surface area contributed by atoms with Gasteiger partial charge in [-0.1, -0.05) is 18.2 Å². The second-order valence-corrected chi connectivity index (χ2v) is 3.99. The molecule has 1 aromatic carbocycles. The molecule has 0 aliphatic heterocycles. The fourth-order valence-electron chi connectivity index (χ4n) is 1.45. The number of rotatable bonds is 5. The Hall–Kier alpha value is -2.12. The molecule has 1 atom stereocenters. The standard InChI is InChI=1S/C12H11F4NO3/c13-6-9(11(19)20)17-10(18)5-7-2-1-3-8(4-7)12(14,15)16/h1-4,9H,5-6H2,(H,17,18)(H,19,20). The molecule has 0 saturated heterocycles. The second-order valence-electron chi connectivity index (χ2n) is 3.99. The molecule has 0 heterocycles. The lowest BCUT2D eigenvalue weighted by atomic mass is 10.1. The first-order chi connectivity index (χ1) is 9.24. The molecular weight excluding hydrogens is 282 g/mol. The lowest BCUT2D eigenvalue weighted by Gasteiger charge is -2.12. The van der Waals surface area contributed by atoms with Crippen LogP contribution in [-0.2, 0) is 22.2 Å². The molecule has 1 aromatic rings. The van der Waals surface area contributed by atoms with Gasteiger partial charge in [0.2, 0.25) is 5.91 Å². The van der Waals surface area contributed by atoms with E-state index in [2.05, 4.69) is 0 Å². The van der Waals surface area contributed by atoms with Crippen molar-refractivity contribution in [3.63, 3.8) is 0 Å². The molecule has 1 unspecified atom stereocenters. The van der Waals surface area contributed by atoms with Crippen LogP contribution in [-0.4, -0.2) is 29.7 Å². The number of carboxylic acid groups (broad SMARTS) is 1. The summed E-state index contributed by atoms with van der Waals surface area (Å²) in [6, 6.07) is 2.36. The van der Waals surface area contributed by atoms with Crippen LogP contribution in [0.25, 0.3) is 0 Å². The number of benzene rings is 1. The maximum Gasteiger partial charge on any atom is 0.416 e. The number of nitrogens with one attached hydrogen (secondary N) is 1. The van der Waals surface area contributed by atoms with Crippen LogP contribution < -0.4 is 5.32 Å². The van der Waals surface area contributed by atoms with Gasteiger partial charge < -0.3 is 10.4 Å². The molecule has 0 bridgehead atoms. The first-order valence-electron chi connectivity index (χ1n) is 5.48. The van der Waals surface area contributed by atoms with Crippen LogP contribution in [0.2, 0.25) is 0 Å². The van der Waals surface area contributed by atoms with Crippen LogP contribution in [0.1, 0.15) is 11.1 Å². The Balaban J connectivity index is 2.74. The third-order valence-corrected chi connectivity index (χ3v) is 2.41. The van der Waals surface area contributed by atoms with E-state index in [4.69, 9.17) is 5.11 Å². The van der Waals surface area contributed by atoms with Crippen molar-refractivity contribution < 1.29 is 32.3 Å². The summed E-state index contributed by atoms with van der Waals surface area (Å²) in [5.74, 6) is -2.42. The average molecular weight is 293 g/mol. The van der Waals surface area contributed by atoms with Crippen molar-refractivity contribution in [2.45, 2.75) is 18.6 Å². The maximum atomic E-state index is 12.4. The van der Waals surface area contributed by atoms with Crippen LogP contribution in [0, 0.1) is 0 Å². The molecule has 2 N–H and O–H groups in total. The van der Waals surface area contributed by atoms with Gasteiger partial charge in [-0.25, -0.2) is 9.18 Å². The summed E-state index contributed by atoms with van der Waals surface area (Å²) in [6.07, 6.45) is -5.00. The number of hydrogen-bond acceptors (Lipinski definition) is 2. The van der Waals surface area contributed by atoms with Crippen molar-refractivity contribution in [3.05, 3.63) is 35.4 Å². The summed E-state index contributed by atoms with van der Waals surface area (Å²) in [5.41, 5.74) is -0.858. The van der Waals surface area contributed by atoms with Gasteiger partial charge in [-0.2, -0.15) is 13.2 Å². The summed E-state index contributed by atoms with van der Waals surface area (Å²) < 4.78 is 49.6. The monoisotopic (exact) mass is 293 g/mol. The van der Waals surface area contributed by atoms with Crippen LogP contribution >= 0.6 is 0 Å². The zero-order chi connectivity index (χ0) is 15.3. The molecule has 0 aliphatic rings. The number of carbonyl (C=O) groups is 2. The highest BCUT2D eigenvalue weighted by Crippen LogP contribution is 2.29. The first-order valence-corrected chi connectivity index (χ1v) is 5.48. The molecule has 0 aliphatic carbocycles. The Bertz CT molecular complexity index is 502. The fourth-order valence-corrected chi connectivity index (χ4v) is 1.45. The first kappa shape index (κ1) is 15.9. The highest BCUT2D eigenvalue weighted by molar-refractivity contribution is 5.84. The smallest absolute Gasteiger partial charge is 0.416 e. The van der Waals surface area contributed by atoms with Crippen LogP contribution in [0.15, 0.2) is 24.3 Å². The maximum absolute atomic E-state index is 12.4. The lowest BCUT2D eigenvalue weighted by molar-refractivity contribution is -0.142. The Morgan fingerprint density at radius 1 is 1.30 bits per heavy atom. The van der Waals surface area contributed by atoms with Gasteiger partial charge in [0, 0.05) is 0 Å². The number of carbonyl (C=O) groups excluding carboxylic acids is 1. The van der Waals surface area contributed by atoms with Crippen molar-refractivity contribution >= 4 is 11.9 Å². The van der Waals surface area contributed by atoms with Gasteiger partial charge in [0.1, 0.15) is 6.67 Å². The molecule has 20 heavy (non-hydrogen) atoms. The van der Waals surface area contributed by atoms with Gasteiger partial charge >= 0.3 is 12.1 Å². The van der Waals surface area contributed by atoms with Crippen molar-refractivity contribution in [1.29, 1.82) is 0 Å². The predicted molar refractivity (Wildman–Crippen MR) is 60.7 cm³/mol. The third kappa shape index (κ3) is 4.52. The molecule has 0 spiro atoms. The lowest BCUT2D eigenvalue weighted by Crippen LogP contribution is -2.43.